The number of hydrogen-bond acceptors (Lipinski definition) is 4. The average molecular weight is 419 g/mol. The maximum absolute atomic E-state index is 12.6. The third-order valence-electron chi connectivity index (χ3n) is 5.58. The summed E-state index contributed by atoms with van der Waals surface area (Å²) in [6, 6.07) is 27.7. The van der Waals surface area contributed by atoms with Gasteiger partial charge < -0.3 is 5.32 Å². The molecule has 0 bridgehead atoms. The number of anilines is 2. The van der Waals surface area contributed by atoms with Crippen molar-refractivity contribution in [2.75, 3.05) is 5.32 Å². The largest absolute Gasteiger partial charge is 0.325 e. The number of carbonyl (C=O) groups excluding carboxylic acids is 1. The van der Waals surface area contributed by atoms with Crippen molar-refractivity contribution in [3.8, 4) is 11.1 Å². The number of hydrogen-bond donors (Lipinski definition) is 1. The Labute approximate surface area is 186 Å². The molecule has 1 saturated carbocycles. The molecule has 1 amide bonds. The molecule has 5 rings (SSSR count). The van der Waals surface area contributed by atoms with Crippen molar-refractivity contribution < 1.29 is 4.79 Å². The van der Waals surface area contributed by atoms with Gasteiger partial charge in [-0.1, -0.05) is 60.7 Å². The van der Waals surface area contributed by atoms with E-state index in [1.807, 2.05) is 66.9 Å². The highest BCUT2D eigenvalue weighted by molar-refractivity contribution is 6.00. The number of rotatable bonds is 6. The first kappa shape index (κ1) is 19.8. The molecule has 32 heavy (non-hydrogen) atoms. The summed E-state index contributed by atoms with van der Waals surface area (Å²) in [5.74, 6) is 1.75. The lowest BCUT2D eigenvalue weighted by Gasteiger charge is -2.07. The van der Waals surface area contributed by atoms with Crippen LogP contribution in [0.2, 0.25) is 0 Å². The minimum absolute atomic E-state index is 0.262. The second kappa shape index (κ2) is 8.94. The fourth-order valence-electron chi connectivity index (χ4n) is 3.73. The van der Waals surface area contributed by atoms with E-state index in [0.717, 1.165) is 17.5 Å². The fourth-order valence-corrected chi connectivity index (χ4v) is 3.73. The van der Waals surface area contributed by atoms with Gasteiger partial charge in [0, 0.05) is 35.7 Å². The van der Waals surface area contributed by atoms with Gasteiger partial charge >= 0.3 is 0 Å². The quantitative estimate of drug-likeness (QED) is 0.396. The smallest absolute Gasteiger partial charge is 0.276 e. The molecule has 2 heterocycles. The number of carbonyl (C=O) groups is 1. The van der Waals surface area contributed by atoms with E-state index in [9.17, 15) is 4.79 Å². The van der Waals surface area contributed by atoms with Crippen LogP contribution < -0.4 is 5.32 Å². The third-order valence-corrected chi connectivity index (χ3v) is 5.58. The molecular formula is C27H22N4O. The van der Waals surface area contributed by atoms with Gasteiger partial charge in [-0.15, -0.1) is 0 Å². The molecule has 2 aromatic carbocycles. The fraction of sp³-hybridized carbons (Fsp3) is 0.111. The standard InChI is InChI=1S/C27H22N4O/c32-27(30-18-23-15-24(23)20-9-5-2-6-10-20)21-13-14-28-26(16-21)31-25-12-11-22(17-29-25)19-7-3-1-4-8-19/h1-14,16-18,23-24H,15H2,(H,28,29,31)/t23?,24-/m0/s1. The lowest BCUT2D eigenvalue weighted by molar-refractivity contribution is 0.100. The molecule has 0 radical (unpaired) electrons. The molecule has 0 aliphatic heterocycles. The van der Waals surface area contributed by atoms with Gasteiger partial charge in [0.05, 0.1) is 0 Å². The minimum atomic E-state index is -0.262. The first-order valence-corrected chi connectivity index (χ1v) is 10.6. The number of nitrogens with zero attached hydrogens (tertiary/aromatic N) is 3. The Morgan fingerprint density at radius 1 is 0.875 bits per heavy atom. The van der Waals surface area contributed by atoms with E-state index < -0.39 is 0 Å². The average Bonchev–Trinajstić information content (AvgIpc) is 3.64. The summed E-state index contributed by atoms with van der Waals surface area (Å²) in [7, 11) is 0. The van der Waals surface area contributed by atoms with Gasteiger partial charge in [-0.05, 0) is 47.7 Å². The number of aromatic nitrogens is 2. The molecule has 156 valence electrons. The third kappa shape index (κ3) is 4.62. The Hall–Kier alpha value is -4.12. The van der Waals surface area contributed by atoms with E-state index in [4.69, 9.17) is 0 Å². The normalized spacial score (nSPS) is 17.2. The Balaban J connectivity index is 1.22. The lowest BCUT2D eigenvalue weighted by Crippen LogP contribution is -2.01. The van der Waals surface area contributed by atoms with Crippen LogP contribution in [0, 0.1) is 5.92 Å². The maximum Gasteiger partial charge on any atom is 0.276 e. The van der Waals surface area contributed by atoms with Gasteiger partial charge in [0.2, 0.25) is 0 Å². The molecule has 1 fully saturated rings. The molecule has 1 aliphatic carbocycles. The van der Waals surface area contributed by atoms with Crippen molar-refractivity contribution in [2.24, 2.45) is 10.9 Å². The van der Waals surface area contributed by atoms with E-state index in [1.54, 1.807) is 24.5 Å². The first-order valence-electron chi connectivity index (χ1n) is 10.6. The minimum Gasteiger partial charge on any atom is -0.325 e. The molecule has 0 saturated heterocycles. The van der Waals surface area contributed by atoms with Crippen molar-refractivity contribution in [1.29, 1.82) is 0 Å². The molecule has 2 atom stereocenters. The molecule has 5 heteroatoms. The van der Waals surface area contributed by atoms with Crippen molar-refractivity contribution in [3.63, 3.8) is 0 Å². The van der Waals surface area contributed by atoms with Gasteiger partial charge in [0.1, 0.15) is 11.6 Å². The SMILES string of the molecule is O=C(N=CC1C[C@H]1c1ccccc1)c1ccnc(Nc2ccc(-c3ccccc3)cn2)c1. The number of pyridine rings is 2. The van der Waals surface area contributed by atoms with Crippen LogP contribution in [-0.2, 0) is 0 Å². The van der Waals surface area contributed by atoms with E-state index in [1.165, 1.54) is 5.56 Å². The predicted octanol–water partition coefficient (Wildman–Crippen LogP) is 5.90. The van der Waals surface area contributed by atoms with Gasteiger partial charge in [-0.3, -0.25) is 4.79 Å². The number of benzene rings is 2. The second-order valence-corrected chi connectivity index (χ2v) is 7.85. The van der Waals surface area contributed by atoms with Crippen molar-refractivity contribution in [3.05, 3.63) is 108 Å². The van der Waals surface area contributed by atoms with Crippen molar-refractivity contribution in [2.45, 2.75) is 12.3 Å². The summed E-state index contributed by atoms with van der Waals surface area (Å²) in [5.41, 5.74) is 3.95. The topological polar surface area (TPSA) is 67.2 Å². The highest BCUT2D eigenvalue weighted by Gasteiger charge is 2.36. The van der Waals surface area contributed by atoms with Gasteiger partial charge in [-0.25, -0.2) is 15.0 Å². The van der Waals surface area contributed by atoms with Crippen LogP contribution in [0.5, 0.6) is 0 Å². The molecule has 1 aliphatic rings. The Morgan fingerprint density at radius 2 is 1.66 bits per heavy atom. The summed E-state index contributed by atoms with van der Waals surface area (Å²) in [4.78, 5) is 25.5. The summed E-state index contributed by atoms with van der Waals surface area (Å²) < 4.78 is 0. The molecule has 5 nitrogen and oxygen atoms in total. The zero-order chi connectivity index (χ0) is 21.8. The maximum atomic E-state index is 12.6. The monoisotopic (exact) mass is 418 g/mol. The molecule has 1 unspecified atom stereocenters. The summed E-state index contributed by atoms with van der Waals surface area (Å²) >= 11 is 0. The molecule has 0 spiro atoms. The second-order valence-electron chi connectivity index (χ2n) is 7.85. The van der Waals surface area contributed by atoms with Gasteiger partial charge in [-0.2, -0.15) is 0 Å². The Kier molecular flexibility index (Phi) is 5.54. The summed E-state index contributed by atoms with van der Waals surface area (Å²) in [5, 5.41) is 3.16. The van der Waals surface area contributed by atoms with Crippen LogP contribution in [0.3, 0.4) is 0 Å². The zero-order valence-electron chi connectivity index (χ0n) is 17.4. The van der Waals surface area contributed by atoms with Gasteiger partial charge in [0.15, 0.2) is 0 Å². The zero-order valence-corrected chi connectivity index (χ0v) is 17.4. The summed E-state index contributed by atoms with van der Waals surface area (Å²) in [6.07, 6.45) is 6.25. The highest BCUT2D eigenvalue weighted by atomic mass is 16.1. The molecule has 2 aromatic heterocycles. The van der Waals surface area contributed by atoms with Crippen molar-refractivity contribution in [1.82, 2.24) is 9.97 Å². The lowest BCUT2D eigenvalue weighted by atomic mass is 10.1. The van der Waals surface area contributed by atoms with Crippen LogP contribution in [-0.4, -0.2) is 22.1 Å². The van der Waals surface area contributed by atoms with Crippen LogP contribution in [0.15, 0.2) is 102 Å². The van der Waals surface area contributed by atoms with E-state index >= 15 is 0 Å². The Morgan fingerprint density at radius 3 is 2.41 bits per heavy atom. The van der Waals surface area contributed by atoms with Crippen molar-refractivity contribution >= 4 is 23.8 Å². The number of nitrogens with one attached hydrogen (secondary N) is 1. The van der Waals surface area contributed by atoms with Crippen LogP contribution in [0.4, 0.5) is 11.6 Å². The number of amides is 1. The summed E-state index contributed by atoms with van der Waals surface area (Å²) in [6.45, 7) is 0. The van der Waals surface area contributed by atoms with Crippen LogP contribution in [0.1, 0.15) is 28.3 Å². The number of aliphatic imine (C=N–C) groups is 1. The first-order chi connectivity index (χ1) is 15.8. The predicted molar refractivity (Wildman–Crippen MR) is 127 cm³/mol. The van der Waals surface area contributed by atoms with E-state index in [-0.39, 0.29) is 5.91 Å². The van der Waals surface area contributed by atoms with E-state index in [0.29, 0.717) is 29.0 Å². The molecule has 1 N–H and O–H groups in total. The van der Waals surface area contributed by atoms with Crippen LogP contribution in [0.25, 0.3) is 11.1 Å². The van der Waals surface area contributed by atoms with Crippen LogP contribution >= 0.6 is 0 Å². The highest BCUT2D eigenvalue weighted by Crippen LogP contribution is 2.46. The Bertz CT molecular complexity index is 1240. The molecule has 4 aromatic rings. The molecular weight excluding hydrogens is 396 g/mol. The van der Waals surface area contributed by atoms with Gasteiger partial charge in [0.25, 0.3) is 5.91 Å². The van der Waals surface area contributed by atoms with E-state index in [2.05, 4.69) is 32.4 Å².